The van der Waals surface area contributed by atoms with Gasteiger partial charge in [0.15, 0.2) is 0 Å². The number of benzene rings is 4. The summed E-state index contributed by atoms with van der Waals surface area (Å²) in [5.74, 6) is 1.18. The predicted molar refractivity (Wildman–Crippen MR) is 155 cm³/mol. The van der Waals surface area contributed by atoms with E-state index in [1.54, 1.807) is 24.4 Å². The molecule has 0 saturated carbocycles. The standard InChI is InChI=1S/C34H24N3O2.Pt/c38-32-19-8-7-18-29(32)30-21-22-31(37(26-13-3-1-4-14-26)27-15-5-2-6-16-27)34(36-30)25-12-11-17-28(24-25)39-33-20-9-10-23-35-33;/h1-23,38H;/q-1;. The molecule has 0 aliphatic rings. The summed E-state index contributed by atoms with van der Waals surface area (Å²) in [5.41, 5.74) is 5.57. The summed E-state index contributed by atoms with van der Waals surface area (Å²) in [6.07, 6.45) is 1.69. The van der Waals surface area contributed by atoms with Gasteiger partial charge in [-0.05, 0) is 54.6 Å². The molecule has 0 aliphatic carbocycles. The van der Waals surface area contributed by atoms with Crippen LogP contribution in [0.2, 0.25) is 0 Å². The second kappa shape index (κ2) is 12.4. The Bertz CT molecular complexity index is 1660. The van der Waals surface area contributed by atoms with E-state index in [4.69, 9.17) is 9.72 Å². The van der Waals surface area contributed by atoms with Gasteiger partial charge in [0.1, 0.15) is 5.75 Å². The van der Waals surface area contributed by atoms with Crippen molar-refractivity contribution in [2.45, 2.75) is 0 Å². The zero-order valence-corrected chi connectivity index (χ0v) is 23.6. The molecule has 2 heterocycles. The van der Waals surface area contributed by atoms with E-state index in [-0.39, 0.29) is 26.8 Å². The first-order valence-electron chi connectivity index (χ1n) is 12.6. The molecule has 6 rings (SSSR count). The van der Waals surface area contributed by atoms with Crippen LogP contribution in [0.15, 0.2) is 140 Å². The zero-order chi connectivity index (χ0) is 26.4. The summed E-state index contributed by atoms with van der Waals surface area (Å²) >= 11 is 0. The van der Waals surface area contributed by atoms with E-state index >= 15 is 0 Å². The Balaban J connectivity index is 0.00000323. The molecular formula is C34H24N3O2Pt-. The molecule has 5 nitrogen and oxygen atoms in total. The molecule has 198 valence electrons. The fourth-order valence-electron chi connectivity index (χ4n) is 4.42. The van der Waals surface area contributed by atoms with E-state index in [0.29, 0.717) is 28.6 Å². The molecule has 0 spiro atoms. The van der Waals surface area contributed by atoms with Crippen LogP contribution < -0.4 is 9.64 Å². The van der Waals surface area contributed by atoms with Crippen LogP contribution in [0.4, 0.5) is 17.1 Å². The van der Waals surface area contributed by atoms with Crippen LogP contribution in [0.3, 0.4) is 0 Å². The van der Waals surface area contributed by atoms with Gasteiger partial charge >= 0.3 is 0 Å². The van der Waals surface area contributed by atoms with Gasteiger partial charge in [-0.3, -0.25) is 4.98 Å². The summed E-state index contributed by atoms with van der Waals surface area (Å²) in [6, 6.07) is 46.1. The minimum absolute atomic E-state index is 0. The van der Waals surface area contributed by atoms with Crippen molar-refractivity contribution < 1.29 is 30.9 Å². The van der Waals surface area contributed by atoms with Crippen LogP contribution in [0.5, 0.6) is 17.4 Å². The van der Waals surface area contributed by atoms with Gasteiger partial charge in [0.2, 0.25) is 5.88 Å². The number of para-hydroxylation sites is 3. The fourth-order valence-corrected chi connectivity index (χ4v) is 4.42. The van der Waals surface area contributed by atoms with E-state index in [1.165, 1.54) is 0 Å². The number of pyridine rings is 2. The predicted octanol–water partition coefficient (Wildman–Crippen LogP) is 8.58. The van der Waals surface area contributed by atoms with Gasteiger partial charge in [0, 0.05) is 67.4 Å². The number of hydrogen-bond acceptors (Lipinski definition) is 5. The number of anilines is 3. The van der Waals surface area contributed by atoms with Crippen molar-refractivity contribution >= 4 is 17.1 Å². The van der Waals surface area contributed by atoms with Crippen LogP contribution in [0, 0.1) is 6.07 Å². The SMILES string of the molecule is Oc1ccccc1-c1ccc(N(c2ccccc2)c2ccccc2)c(-c2[c-]c(Oc3ccccn3)ccc2)n1.[Pt]. The third-order valence-electron chi connectivity index (χ3n) is 6.20. The molecule has 0 aliphatic heterocycles. The van der Waals surface area contributed by atoms with E-state index in [9.17, 15) is 5.11 Å². The van der Waals surface area contributed by atoms with Crippen LogP contribution in [-0.2, 0) is 21.1 Å². The molecule has 4 aromatic carbocycles. The maximum Gasteiger partial charge on any atom is 0.217 e. The summed E-state index contributed by atoms with van der Waals surface area (Å²) in [4.78, 5) is 11.5. The van der Waals surface area contributed by atoms with Gasteiger partial charge in [-0.25, -0.2) is 4.98 Å². The Kier molecular flexibility index (Phi) is 8.34. The Morgan fingerprint density at radius 1 is 0.650 bits per heavy atom. The van der Waals surface area contributed by atoms with Gasteiger partial charge in [-0.2, -0.15) is 0 Å². The smallest absolute Gasteiger partial charge is 0.217 e. The van der Waals surface area contributed by atoms with Gasteiger partial charge in [-0.15, -0.1) is 23.8 Å². The number of rotatable bonds is 7. The molecule has 6 heteroatoms. The number of phenols is 1. The number of phenolic OH excluding ortho intramolecular Hbond substituents is 1. The third kappa shape index (κ3) is 5.80. The van der Waals surface area contributed by atoms with Crippen molar-refractivity contribution in [3.63, 3.8) is 0 Å². The first-order chi connectivity index (χ1) is 19.3. The van der Waals surface area contributed by atoms with E-state index in [0.717, 1.165) is 22.6 Å². The molecular weight excluding hydrogens is 677 g/mol. The van der Waals surface area contributed by atoms with E-state index < -0.39 is 0 Å². The first kappa shape index (κ1) is 26.9. The maximum atomic E-state index is 10.6. The second-order valence-corrected chi connectivity index (χ2v) is 8.79. The molecule has 1 N–H and O–H groups in total. The fraction of sp³-hybridized carbons (Fsp3) is 0. The molecule has 0 atom stereocenters. The van der Waals surface area contributed by atoms with Crippen LogP contribution in [-0.4, -0.2) is 15.1 Å². The number of aromatic hydroxyl groups is 1. The van der Waals surface area contributed by atoms with Crippen LogP contribution >= 0.6 is 0 Å². The average molecular weight is 702 g/mol. The largest absolute Gasteiger partial charge is 0.507 e. The van der Waals surface area contributed by atoms with Crippen molar-refractivity contribution in [3.05, 3.63) is 146 Å². The first-order valence-corrected chi connectivity index (χ1v) is 12.6. The summed E-state index contributed by atoms with van der Waals surface area (Å²) in [5, 5.41) is 10.6. The normalized spacial score (nSPS) is 10.4. The minimum atomic E-state index is 0. The third-order valence-corrected chi connectivity index (χ3v) is 6.20. The molecule has 2 aromatic heterocycles. The Labute approximate surface area is 247 Å². The molecule has 0 saturated heterocycles. The Hall–Kier alpha value is -4.73. The second-order valence-electron chi connectivity index (χ2n) is 8.79. The van der Waals surface area contributed by atoms with Crippen molar-refractivity contribution in [3.8, 4) is 39.9 Å². The van der Waals surface area contributed by atoms with Crippen LogP contribution in [0.1, 0.15) is 0 Å². The number of nitrogens with zero attached hydrogens (tertiary/aromatic N) is 3. The van der Waals surface area contributed by atoms with Crippen molar-refractivity contribution in [2.75, 3.05) is 4.90 Å². The molecule has 6 aromatic rings. The minimum Gasteiger partial charge on any atom is -0.507 e. The molecule has 0 unspecified atom stereocenters. The van der Waals surface area contributed by atoms with E-state index in [1.807, 2.05) is 91.0 Å². The van der Waals surface area contributed by atoms with Crippen molar-refractivity contribution in [1.29, 1.82) is 0 Å². The molecule has 0 amide bonds. The van der Waals surface area contributed by atoms with Crippen LogP contribution in [0.25, 0.3) is 22.5 Å². The Morgan fingerprint density at radius 3 is 2.00 bits per heavy atom. The number of ether oxygens (including phenoxy) is 1. The summed E-state index contributed by atoms with van der Waals surface area (Å²) < 4.78 is 6.00. The summed E-state index contributed by atoms with van der Waals surface area (Å²) in [6.45, 7) is 0. The maximum absolute atomic E-state index is 10.6. The van der Waals surface area contributed by atoms with Gasteiger partial charge < -0.3 is 14.7 Å². The van der Waals surface area contributed by atoms with Gasteiger partial charge in [-0.1, -0.05) is 60.7 Å². The molecule has 0 radical (unpaired) electrons. The molecule has 0 bridgehead atoms. The van der Waals surface area contributed by atoms with E-state index in [2.05, 4.69) is 40.2 Å². The van der Waals surface area contributed by atoms with Crippen molar-refractivity contribution in [2.24, 2.45) is 0 Å². The topological polar surface area (TPSA) is 58.5 Å². The van der Waals surface area contributed by atoms with Gasteiger partial charge in [0.25, 0.3) is 0 Å². The number of hydrogen-bond donors (Lipinski definition) is 1. The van der Waals surface area contributed by atoms with Gasteiger partial charge in [0.05, 0.1) is 5.69 Å². The quantitative estimate of drug-likeness (QED) is 0.169. The zero-order valence-electron chi connectivity index (χ0n) is 21.3. The average Bonchev–Trinajstić information content (AvgIpc) is 3.00. The Morgan fingerprint density at radius 2 is 1.32 bits per heavy atom. The summed E-state index contributed by atoms with van der Waals surface area (Å²) in [7, 11) is 0. The number of aromatic nitrogens is 2. The molecule has 0 fully saturated rings. The molecule has 40 heavy (non-hydrogen) atoms. The van der Waals surface area contributed by atoms with Crippen molar-refractivity contribution in [1.82, 2.24) is 9.97 Å². The monoisotopic (exact) mass is 701 g/mol.